The van der Waals surface area contributed by atoms with Crippen molar-refractivity contribution in [2.24, 2.45) is 0 Å². The molecule has 1 fully saturated rings. The zero-order valence-electron chi connectivity index (χ0n) is 10.9. The van der Waals surface area contributed by atoms with Crippen molar-refractivity contribution in [1.82, 2.24) is 10.6 Å². The van der Waals surface area contributed by atoms with Crippen LogP contribution in [0.2, 0.25) is 0 Å². The molecule has 1 saturated carbocycles. The molecule has 0 bridgehead atoms. The lowest BCUT2D eigenvalue weighted by atomic mass is 10.4. The second-order valence-corrected chi connectivity index (χ2v) is 6.05. The number of hydrogen-bond acceptors (Lipinski definition) is 3. The van der Waals surface area contributed by atoms with E-state index < -0.39 is 0 Å². The van der Waals surface area contributed by atoms with E-state index >= 15 is 0 Å². The second kappa shape index (κ2) is 6.61. The van der Waals surface area contributed by atoms with Crippen LogP contribution in [0.25, 0.3) is 0 Å². The minimum atomic E-state index is -0.212. The van der Waals surface area contributed by atoms with Gasteiger partial charge in [0.05, 0.1) is 11.8 Å². The summed E-state index contributed by atoms with van der Waals surface area (Å²) >= 11 is 1.49. The summed E-state index contributed by atoms with van der Waals surface area (Å²) < 4.78 is 0. The third-order valence-electron chi connectivity index (χ3n) is 2.79. The lowest BCUT2D eigenvalue weighted by Crippen LogP contribution is -2.40. The van der Waals surface area contributed by atoms with Gasteiger partial charge in [0.2, 0.25) is 11.8 Å². The molecule has 1 aliphatic carbocycles. The van der Waals surface area contributed by atoms with Gasteiger partial charge in [0, 0.05) is 10.9 Å². The van der Waals surface area contributed by atoms with Crippen molar-refractivity contribution in [2.75, 3.05) is 6.54 Å². The van der Waals surface area contributed by atoms with Crippen LogP contribution in [0.1, 0.15) is 19.8 Å². The number of thioether (sulfide) groups is 1. The van der Waals surface area contributed by atoms with Crippen LogP contribution >= 0.6 is 11.8 Å². The summed E-state index contributed by atoms with van der Waals surface area (Å²) in [7, 11) is 0. The largest absolute Gasteiger partial charge is 0.352 e. The number of amides is 2. The Morgan fingerprint density at radius 2 is 2.00 bits per heavy atom. The molecule has 2 rings (SSSR count). The number of carbonyl (C=O) groups excluding carboxylic acids is 2. The van der Waals surface area contributed by atoms with E-state index in [2.05, 4.69) is 10.6 Å². The van der Waals surface area contributed by atoms with E-state index in [4.69, 9.17) is 0 Å². The molecule has 0 radical (unpaired) electrons. The highest BCUT2D eigenvalue weighted by molar-refractivity contribution is 8.00. The zero-order valence-corrected chi connectivity index (χ0v) is 11.7. The molecular formula is C14H18N2O2S. The van der Waals surface area contributed by atoms with Crippen LogP contribution in [-0.2, 0) is 9.59 Å². The highest BCUT2D eigenvalue weighted by Crippen LogP contribution is 2.22. The molecule has 2 N–H and O–H groups in total. The summed E-state index contributed by atoms with van der Waals surface area (Å²) in [5, 5.41) is 5.29. The summed E-state index contributed by atoms with van der Waals surface area (Å²) in [6, 6.07) is 10.1. The molecule has 1 atom stereocenters. The molecule has 1 aliphatic rings. The van der Waals surface area contributed by atoms with Crippen molar-refractivity contribution in [3.8, 4) is 0 Å². The lowest BCUT2D eigenvalue weighted by molar-refractivity contribution is -0.125. The SMILES string of the molecule is C[C@H](Sc1ccccc1)C(=O)NCC(=O)NC1CC1. The van der Waals surface area contributed by atoms with Crippen molar-refractivity contribution in [3.05, 3.63) is 30.3 Å². The maximum atomic E-state index is 11.8. The van der Waals surface area contributed by atoms with E-state index in [1.807, 2.05) is 37.3 Å². The summed E-state index contributed by atoms with van der Waals surface area (Å²) in [5.74, 6) is -0.215. The van der Waals surface area contributed by atoms with Crippen LogP contribution in [0.3, 0.4) is 0 Å². The fourth-order valence-corrected chi connectivity index (χ4v) is 2.49. The lowest BCUT2D eigenvalue weighted by Gasteiger charge is -2.11. The fraction of sp³-hybridized carbons (Fsp3) is 0.429. The molecule has 1 aromatic rings. The first-order valence-corrected chi connectivity index (χ1v) is 7.32. The number of carbonyl (C=O) groups is 2. The van der Waals surface area contributed by atoms with Crippen molar-refractivity contribution >= 4 is 23.6 Å². The molecule has 2 amide bonds. The standard InChI is InChI=1S/C14H18N2O2S/c1-10(19-12-5-3-2-4-6-12)14(18)15-9-13(17)16-11-7-8-11/h2-6,10-11H,7-9H2,1H3,(H,15,18)(H,16,17)/t10-/m0/s1. The smallest absolute Gasteiger partial charge is 0.239 e. The molecule has 19 heavy (non-hydrogen) atoms. The van der Waals surface area contributed by atoms with Gasteiger partial charge in [-0.05, 0) is 31.9 Å². The molecule has 4 nitrogen and oxygen atoms in total. The van der Waals surface area contributed by atoms with Gasteiger partial charge in [-0.25, -0.2) is 0 Å². The van der Waals surface area contributed by atoms with E-state index in [-0.39, 0.29) is 23.6 Å². The van der Waals surface area contributed by atoms with Crippen LogP contribution in [0, 0.1) is 0 Å². The Labute approximate surface area is 117 Å². The van der Waals surface area contributed by atoms with Gasteiger partial charge in [-0.15, -0.1) is 11.8 Å². The summed E-state index contributed by atoms with van der Waals surface area (Å²) in [5.41, 5.74) is 0. The first-order valence-electron chi connectivity index (χ1n) is 6.44. The van der Waals surface area contributed by atoms with E-state index in [0.717, 1.165) is 17.7 Å². The predicted molar refractivity (Wildman–Crippen MR) is 75.9 cm³/mol. The van der Waals surface area contributed by atoms with Crippen LogP contribution in [0.4, 0.5) is 0 Å². The fourth-order valence-electron chi connectivity index (χ4n) is 1.57. The predicted octanol–water partition coefficient (Wildman–Crippen LogP) is 1.56. The van der Waals surface area contributed by atoms with Gasteiger partial charge in [0.15, 0.2) is 0 Å². The molecule has 0 heterocycles. The molecule has 0 aromatic heterocycles. The van der Waals surface area contributed by atoms with Gasteiger partial charge in [-0.3, -0.25) is 9.59 Å². The molecule has 0 saturated heterocycles. The van der Waals surface area contributed by atoms with Gasteiger partial charge in [-0.1, -0.05) is 18.2 Å². The van der Waals surface area contributed by atoms with Crippen molar-refractivity contribution in [2.45, 2.75) is 36.0 Å². The van der Waals surface area contributed by atoms with Crippen LogP contribution in [0.5, 0.6) is 0 Å². The van der Waals surface area contributed by atoms with Gasteiger partial charge >= 0.3 is 0 Å². The molecule has 0 spiro atoms. The number of nitrogens with one attached hydrogen (secondary N) is 2. The summed E-state index contributed by atoms with van der Waals surface area (Å²) in [4.78, 5) is 24.3. The minimum Gasteiger partial charge on any atom is -0.352 e. The molecule has 0 aliphatic heterocycles. The first kappa shape index (κ1) is 13.9. The average Bonchev–Trinajstić information content (AvgIpc) is 3.21. The second-order valence-electron chi connectivity index (χ2n) is 4.63. The molecule has 1 aromatic carbocycles. The van der Waals surface area contributed by atoms with Crippen LogP contribution in [0.15, 0.2) is 35.2 Å². The normalized spacial score (nSPS) is 15.6. The highest BCUT2D eigenvalue weighted by Gasteiger charge is 2.23. The Balaban J connectivity index is 1.71. The van der Waals surface area contributed by atoms with E-state index in [1.54, 1.807) is 0 Å². The van der Waals surface area contributed by atoms with Crippen molar-refractivity contribution < 1.29 is 9.59 Å². The van der Waals surface area contributed by atoms with Gasteiger partial charge in [-0.2, -0.15) is 0 Å². The van der Waals surface area contributed by atoms with Gasteiger partial charge in [0.25, 0.3) is 0 Å². The quantitative estimate of drug-likeness (QED) is 0.776. The summed E-state index contributed by atoms with van der Waals surface area (Å²) in [6.45, 7) is 1.90. The highest BCUT2D eigenvalue weighted by atomic mass is 32.2. The number of rotatable bonds is 6. The van der Waals surface area contributed by atoms with Crippen LogP contribution in [-0.4, -0.2) is 29.7 Å². The first-order chi connectivity index (χ1) is 9.15. The van der Waals surface area contributed by atoms with Gasteiger partial charge < -0.3 is 10.6 Å². The van der Waals surface area contributed by atoms with Gasteiger partial charge in [0.1, 0.15) is 0 Å². The van der Waals surface area contributed by atoms with E-state index in [9.17, 15) is 9.59 Å². The topological polar surface area (TPSA) is 58.2 Å². The Morgan fingerprint density at radius 1 is 1.32 bits per heavy atom. The number of hydrogen-bond donors (Lipinski definition) is 2. The monoisotopic (exact) mass is 278 g/mol. The van der Waals surface area contributed by atoms with Crippen molar-refractivity contribution in [3.63, 3.8) is 0 Å². The maximum absolute atomic E-state index is 11.8. The Morgan fingerprint density at radius 3 is 2.63 bits per heavy atom. The molecule has 5 heteroatoms. The Kier molecular flexibility index (Phi) is 4.85. The van der Waals surface area contributed by atoms with Crippen molar-refractivity contribution in [1.29, 1.82) is 0 Å². The molecular weight excluding hydrogens is 260 g/mol. The van der Waals surface area contributed by atoms with Crippen LogP contribution < -0.4 is 10.6 Å². The third-order valence-corrected chi connectivity index (χ3v) is 3.90. The summed E-state index contributed by atoms with van der Waals surface area (Å²) in [6.07, 6.45) is 2.11. The molecule has 102 valence electrons. The Bertz CT molecular complexity index is 446. The van der Waals surface area contributed by atoms with E-state index in [1.165, 1.54) is 11.8 Å². The zero-order chi connectivity index (χ0) is 13.7. The maximum Gasteiger partial charge on any atom is 0.239 e. The Hall–Kier alpha value is -1.49. The third kappa shape index (κ3) is 4.95. The molecule has 0 unspecified atom stereocenters. The van der Waals surface area contributed by atoms with E-state index in [0.29, 0.717) is 6.04 Å². The minimum absolute atomic E-state index is 0.0645. The average molecular weight is 278 g/mol. The number of benzene rings is 1.